The minimum absolute atomic E-state index is 0.0586. The number of rotatable bonds is 2. The van der Waals surface area contributed by atoms with Gasteiger partial charge in [-0.15, -0.1) is 0 Å². The molecule has 2 heterocycles. The number of H-pyrrole nitrogens is 1. The minimum atomic E-state index is -0.0586. The van der Waals surface area contributed by atoms with E-state index < -0.39 is 0 Å². The number of hydrogen-bond acceptors (Lipinski definition) is 2. The Bertz CT molecular complexity index is 733. The SMILES string of the molecule is O=C(c1cccc(Cl)c1)c1c[nH]c2ccncc12. The molecule has 1 N–H and O–H groups in total. The molecular formula is C14H9ClN2O. The van der Waals surface area contributed by atoms with Gasteiger partial charge in [-0.05, 0) is 18.2 Å². The number of ketones is 1. The van der Waals surface area contributed by atoms with Gasteiger partial charge < -0.3 is 4.98 Å². The van der Waals surface area contributed by atoms with Crippen molar-refractivity contribution in [1.29, 1.82) is 0 Å². The van der Waals surface area contributed by atoms with Crippen LogP contribution in [0.4, 0.5) is 0 Å². The van der Waals surface area contributed by atoms with Crippen molar-refractivity contribution in [3.8, 4) is 0 Å². The van der Waals surface area contributed by atoms with Gasteiger partial charge in [0.1, 0.15) is 0 Å². The summed E-state index contributed by atoms with van der Waals surface area (Å²) in [4.78, 5) is 19.5. The molecule has 0 radical (unpaired) electrons. The lowest BCUT2D eigenvalue weighted by molar-refractivity contribution is 0.104. The topological polar surface area (TPSA) is 45.8 Å². The Morgan fingerprint density at radius 3 is 3.00 bits per heavy atom. The number of pyridine rings is 1. The summed E-state index contributed by atoms with van der Waals surface area (Å²) in [7, 11) is 0. The lowest BCUT2D eigenvalue weighted by Crippen LogP contribution is -2.00. The smallest absolute Gasteiger partial charge is 0.195 e. The Kier molecular flexibility index (Phi) is 2.61. The standard InChI is InChI=1S/C14H9ClN2O/c15-10-3-1-2-9(6-10)14(18)12-8-17-13-4-5-16-7-11(12)13/h1-8,17H. The van der Waals surface area contributed by atoms with Crippen molar-refractivity contribution in [2.24, 2.45) is 0 Å². The van der Waals surface area contributed by atoms with E-state index >= 15 is 0 Å². The Morgan fingerprint density at radius 2 is 2.17 bits per heavy atom. The van der Waals surface area contributed by atoms with E-state index in [1.54, 1.807) is 42.9 Å². The summed E-state index contributed by atoms with van der Waals surface area (Å²) < 4.78 is 0. The van der Waals surface area contributed by atoms with Gasteiger partial charge in [-0.3, -0.25) is 9.78 Å². The molecule has 1 aromatic carbocycles. The molecule has 0 atom stereocenters. The molecule has 0 unspecified atom stereocenters. The molecule has 0 fully saturated rings. The molecule has 3 rings (SSSR count). The Hall–Kier alpha value is -2.13. The maximum absolute atomic E-state index is 12.4. The Balaban J connectivity index is 2.12. The zero-order chi connectivity index (χ0) is 12.5. The molecule has 0 aliphatic rings. The second-order valence-electron chi connectivity index (χ2n) is 3.96. The van der Waals surface area contributed by atoms with E-state index in [4.69, 9.17) is 11.6 Å². The third-order valence-electron chi connectivity index (χ3n) is 2.81. The summed E-state index contributed by atoms with van der Waals surface area (Å²) in [5.74, 6) is -0.0586. The van der Waals surface area contributed by atoms with Gasteiger partial charge in [-0.2, -0.15) is 0 Å². The molecule has 88 valence electrons. The average molecular weight is 257 g/mol. The van der Waals surface area contributed by atoms with Gasteiger partial charge in [0.15, 0.2) is 5.78 Å². The van der Waals surface area contributed by atoms with Crippen LogP contribution in [-0.2, 0) is 0 Å². The first-order valence-electron chi connectivity index (χ1n) is 5.47. The first kappa shape index (κ1) is 11.0. The number of fused-ring (bicyclic) bond motifs is 1. The molecule has 0 bridgehead atoms. The normalized spacial score (nSPS) is 10.7. The highest BCUT2D eigenvalue weighted by molar-refractivity contribution is 6.31. The van der Waals surface area contributed by atoms with Crippen molar-refractivity contribution in [2.45, 2.75) is 0 Å². The van der Waals surface area contributed by atoms with E-state index in [0.717, 1.165) is 10.9 Å². The predicted molar refractivity (Wildman–Crippen MR) is 71.0 cm³/mol. The van der Waals surface area contributed by atoms with Crippen molar-refractivity contribution in [1.82, 2.24) is 9.97 Å². The monoisotopic (exact) mass is 256 g/mol. The number of carbonyl (C=O) groups excluding carboxylic acids is 1. The van der Waals surface area contributed by atoms with E-state index in [1.165, 1.54) is 0 Å². The number of aromatic amines is 1. The van der Waals surface area contributed by atoms with Crippen LogP contribution in [0.5, 0.6) is 0 Å². The number of carbonyl (C=O) groups is 1. The van der Waals surface area contributed by atoms with Crippen molar-refractivity contribution >= 4 is 28.3 Å². The average Bonchev–Trinajstić information content (AvgIpc) is 2.82. The molecule has 4 heteroatoms. The van der Waals surface area contributed by atoms with Crippen LogP contribution in [-0.4, -0.2) is 15.8 Å². The number of nitrogens with zero attached hydrogens (tertiary/aromatic N) is 1. The molecular weight excluding hydrogens is 248 g/mol. The fourth-order valence-electron chi connectivity index (χ4n) is 1.94. The third kappa shape index (κ3) is 1.79. The highest BCUT2D eigenvalue weighted by Crippen LogP contribution is 2.21. The summed E-state index contributed by atoms with van der Waals surface area (Å²) in [6.45, 7) is 0. The molecule has 2 aromatic heterocycles. The number of benzene rings is 1. The highest BCUT2D eigenvalue weighted by atomic mass is 35.5. The molecule has 0 saturated heterocycles. The third-order valence-corrected chi connectivity index (χ3v) is 3.05. The second kappa shape index (κ2) is 4.27. The van der Waals surface area contributed by atoms with E-state index in [-0.39, 0.29) is 5.78 Å². The Morgan fingerprint density at radius 1 is 1.28 bits per heavy atom. The van der Waals surface area contributed by atoms with Gasteiger partial charge in [0.25, 0.3) is 0 Å². The maximum Gasteiger partial charge on any atom is 0.195 e. The molecule has 0 aliphatic carbocycles. The summed E-state index contributed by atoms with van der Waals surface area (Å²) in [5, 5.41) is 1.38. The van der Waals surface area contributed by atoms with E-state index in [1.807, 2.05) is 6.07 Å². The van der Waals surface area contributed by atoms with Crippen LogP contribution in [0.25, 0.3) is 10.9 Å². The Labute approximate surface area is 108 Å². The van der Waals surface area contributed by atoms with Gasteiger partial charge in [0.05, 0.1) is 0 Å². The van der Waals surface area contributed by atoms with Gasteiger partial charge >= 0.3 is 0 Å². The van der Waals surface area contributed by atoms with Gasteiger partial charge in [0.2, 0.25) is 0 Å². The van der Waals surface area contributed by atoms with Crippen LogP contribution >= 0.6 is 11.6 Å². The molecule has 3 aromatic rings. The number of nitrogens with one attached hydrogen (secondary N) is 1. The number of aromatic nitrogens is 2. The van der Waals surface area contributed by atoms with E-state index in [9.17, 15) is 4.79 Å². The summed E-state index contributed by atoms with van der Waals surface area (Å²) >= 11 is 5.90. The quantitative estimate of drug-likeness (QED) is 0.714. The minimum Gasteiger partial charge on any atom is -0.360 e. The van der Waals surface area contributed by atoms with E-state index in [2.05, 4.69) is 9.97 Å². The van der Waals surface area contributed by atoms with Gasteiger partial charge in [0, 0.05) is 45.6 Å². The van der Waals surface area contributed by atoms with E-state index in [0.29, 0.717) is 16.1 Å². The number of hydrogen-bond donors (Lipinski definition) is 1. The lowest BCUT2D eigenvalue weighted by Gasteiger charge is -2.00. The summed E-state index contributed by atoms with van der Waals surface area (Å²) in [5.41, 5.74) is 2.09. The van der Waals surface area contributed by atoms with Crippen molar-refractivity contribution in [2.75, 3.05) is 0 Å². The van der Waals surface area contributed by atoms with Gasteiger partial charge in [-0.25, -0.2) is 0 Å². The van der Waals surface area contributed by atoms with Crippen LogP contribution in [0, 0.1) is 0 Å². The van der Waals surface area contributed by atoms with Crippen LogP contribution in [0.15, 0.2) is 48.9 Å². The zero-order valence-electron chi connectivity index (χ0n) is 9.35. The van der Waals surface area contributed by atoms with Crippen molar-refractivity contribution < 1.29 is 4.79 Å². The maximum atomic E-state index is 12.4. The van der Waals surface area contributed by atoms with Crippen LogP contribution < -0.4 is 0 Å². The molecule has 0 spiro atoms. The van der Waals surface area contributed by atoms with Gasteiger partial charge in [-0.1, -0.05) is 23.7 Å². The number of halogens is 1. The van der Waals surface area contributed by atoms with Crippen molar-refractivity contribution in [3.63, 3.8) is 0 Å². The fraction of sp³-hybridized carbons (Fsp3) is 0. The summed E-state index contributed by atoms with van der Waals surface area (Å²) in [6.07, 6.45) is 5.08. The lowest BCUT2D eigenvalue weighted by atomic mass is 10.0. The first-order valence-corrected chi connectivity index (χ1v) is 5.85. The van der Waals surface area contributed by atoms with Crippen LogP contribution in [0.2, 0.25) is 5.02 Å². The molecule has 18 heavy (non-hydrogen) atoms. The largest absolute Gasteiger partial charge is 0.360 e. The van der Waals surface area contributed by atoms with Crippen LogP contribution in [0.1, 0.15) is 15.9 Å². The first-order chi connectivity index (χ1) is 8.75. The second-order valence-corrected chi connectivity index (χ2v) is 4.40. The summed E-state index contributed by atoms with van der Waals surface area (Å²) in [6, 6.07) is 8.77. The molecule has 0 amide bonds. The molecule has 0 saturated carbocycles. The molecule has 3 nitrogen and oxygen atoms in total. The predicted octanol–water partition coefficient (Wildman–Crippen LogP) is 3.45. The molecule has 0 aliphatic heterocycles. The zero-order valence-corrected chi connectivity index (χ0v) is 10.1. The fourth-order valence-corrected chi connectivity index (χ4v) is 2.13. The highest BCUT2D eigenvalue weighted by Gasteiger charge is 2.14. The van der Waals surface area contributed by atoms with Crippen LogP contribution in [0.3, 0.4) is 0 Å². The van der Waals surface area contributed by atoms with Crippen molar-refractivity contribution in [3.05, 3.63) is 65.1 Å².